The van der Waals surface area contributed by atoms with Gasteiger partial charge in [0, 0.05) is 25.9 Å². The van der Waals surface area contributed by atoms with E-state index in [1.165, 1.54) is 4.90 Å². The van der Waals surface area contributed by atoms with Crippen molar-refractivity contribution < 1.29 is 85.4 Å². The van der Waals surface area contributed by atoms with Gasteiger partial charge in [-0.3, -0.25) is 33.0 Å². The number of amides is 7. The SMILES string of the molecule is CC(C)C[C@H](NC(=O)NCCCOS(=O)(=O)[O-])C(=O)N1CCC[C@H]1C(=O)N[C@@H](Cc1ccccc1)C(=O)N[C@@H](Cc1ccccc1)C(=O)N[C@@H](CC(=O)O)C(N)=O.[Na+]. The third kappa shape index (κ3) is 17.5. The molecule has 0 aromatic heterocycles. The fourth-order valence-electron chi connectivity index (χ4n) is 6.17. The number of hydrogen-bond acceptors (Lipinski definition) is 11. The van der Waals surface area contributed by atoms with Gasteiger partial charge in [-0.15, -0.1) is 0 Å². The summed E-state index contributed by atoms with van der Waals surface area (Å²) in [6.45, 7) is 3.35. The van der Waals surface area contributed by atoms with Crippen molar-refractivity contribution in [3.63, 3.8) is 0 Å². The predicted octanol–water partition coefficient (Wildman–Crippen LogP) is -3.54. The third-order valence-electron chi connectivity index (χ3n) is 8.85. The Bertz CT molecular complexity index is 1820. The quantitative estimate of drug-likeness (QED) is 0.0263. The average molecular weight is 840 g/mol. The van der Waals surface area contributed by atoms with Crippen molar-refractivity contribution in [2.24, 2.45) is 11.7 Å². The summed E-state index contributed by atoms with van der Waals surface area (Å²) in [6.07, 6.45) is 0.0209. The van der Waals surface area contributed by atoms with Gasteiger partial charge in [0.2, 0.25) is 39.9 Å². The van der Waals surface area contributed by atoms with Crippen LogP contribution in [0.3, 0.4) is 0 Å². The molecule has 58 heavy (non-hydrogen) atoms. The number of urea groups is 1. The number of nitrogens with zero attached hydrogens (tertiary/aromatic N) is 1. The minimum atomic E-state index is -4.88. The number of carbonyl (C=O) groups excluding carboxylic acids is 6. The van der Waals surface area contributed by atoms with Crippen LogP contribution in [-0.4, -0.2) is 114 Å². The molecule has 0 spiro atoms. The van der Waals surface area contributed by atoms with Crippen LogP contribution in [0.25, 0.3) is 0 Å². The van der Waals surface area contributed by atoms with Crippen molar-refractivity contribution in [2.75, 3.05) is 19.7 Å². The van der Waals surface area contributed by atoms with Crippen LogP contribution in [-0.2, 0) is 56.2 Å². The number of rotatable bonds is 22. The number of carbonyl (C=O) groups is 7. The molecule has 0 saturated carbocycles. The van der Waals surface area contributed by atoms with Gasteiger partial charge in [0.25, 0.3) is 0 Å². The summed E-state index contributed by atoms with van der Waals surface area (Å²) in [5.41, 5.74) is 6.62. The van der Waals surface area contributed by atoms with Gasteiger partial charge in [-0.05, 0) is 42.7 Å². The number of carboxylic acid groups (broad SMARTS) is 1. The van der Waals surface area contributed by atoms with E-state index in [2.05, 4.69) is 30.8 Å². The van der Waals surface area contributed by atoms with E-state index in [0.29, 0.717) is 17.5 Å². The Balaban J connectivity index is 0.0000116. The Morgan fingerprint density at radius 1 is 0.845 bits per heavy atom. The Morgan fingerprint density at radius 2 is 1.38 bits per heavy atom. The summed E-state index contributed by atoms with van der Waals surface area (Å²) in [5.74, 6) is -5.39. The van der Waals surface area contributed by atoms with Crippen LogP contribution in [0.5, 0.6) is 0 Å². The number of primary amides is 1. The number of hydrogen-bond donors (Lipinski definition) is 7. The van der Waals surface area contributed by atoms with E-state index in [1.807, 2.05) is 13.8 Å². The summed E-state index contributed by atoms with van der Waals surface area (Å²) in [6, 6.07) is 10.3. The first-order valence-corrected chi connectivity index (χ1v) is 19.7. The molecule has 1 aliphatic heterocycles. The topological polar surface area (TPSA) is 296 Å². The van der Waals surface area contributed by atoms with Crippen molar-refractivity contribution in [3.05, 3.63) is 71.8 Å². The molecule has 0 bridgehead atoms. The normalized spacial score (nSPS) is 15.8. The molecule has 0 radical (unpaired) electrons. The fourth-order valence-corrected chi connectivity index (χ4v) is 6.49. The Labute approximate surface area is 359 Å². The number of benzene rings is 2. The Hall–Kier alpha value is -4.60. The second-order valence-electron chi connectivity index (χ2n) is 13.9. The van der Waals surface area contributed by atoms with Gasteiger partial charge in [-0.25, -0.2) is 13.2 Å². The molecule has 2 aromatic rings. The molecule has 1 saturated heterocycles. The van der Waals surface area contributed by atoms with Gasteiger partial charge in [-0.2, -0.15) is 0 Å². The van der Waals surface area contributed by atoms with Gasteiger partial charge >= 0.3 is 41.6 Å². The number of likely N-dealkylation sites (tertiary alicyclic amines) is 1. The minimum Gasteiger partial charge on any atom is -0.726 e. The Kier molecular flexibility index (Phi) is 20.8. The first kappa shape index (κ1) is 49.5. The zero-order valence-electron chi connectivity index (χ0n) is 32.7. The van der Waals surface area contributed by atoms with Crippen molar-refractivity contribution in [1.29, 1.82) is 0 Å². The second kappa shape index (κ2) is 24.4. The van der Waals surface area contributed by atoms with E-state index in [-0.39, 0.29) is 80.7 Å². The van der Waals surface area contributed by atoms with E-state index >= 15 is 0 Å². The first-order chi connectivity index (χ1) is 26.9. The van der Waals surface area contributed by atoms with Crippen molar-refractivity contribution >= 4 is 51.9 Å². The van der Waals surface area contributed by atoms with E-state index in [4.69, 9.17) is 5.73 Å². The number of nitrogens with two attached hydrogens (primary N) is 1. The summed E-state index contributed by atoms with van der Waals surface area (Å²) < 4.78 is 36.0. The molecular formula is C37H50N7NaO12S. The molecule has 1 fully saturated rings. The standard InChI is InChI=1S/C37H51N7O12S.Na/c1-23(2)19-29(43-37(52)39-16-10-18-56-57(53,54)55)36(51)44-17-9-15-30(44)35(50)42-28(21-25-13-7-4-8-14-25)34(49)41-27(20-24-11-5-3-6-12-24)33(48)40-26(32(38)47)22-31(45)46;/h3-8,11-14,23,26-30H,9-10,15-22H2,1-2H3,(H2,38,47)(H,40,48)(H,41,49)(H,42,50)(H,45,46)(H2,39,43,52)(H,53,54,55);/q;+1/p-1/t26-,27-,28-,29-,30-;/m0./s1. The van der Waals surface area contributed by atoms with Crippen LogP contribution in [0.4, 0.5) is 4.79 Å². The van der Waals surface area contributed by atoms with E-state index < -0.39 is 95.2 Å². The van der Waals surface area contributed by atoms with Gasteiger partial charge in [0.1, 0.15) is 30.2 Å². The van der Waals surface area contributed by atoms with Gasteiger partial charge in [-0.1, -0.05) is 74.5 Å². The summed E-state index contributed by atoms with van der Waals surface area (Å²) >= 11 is 0. The number of aliphatic carboxylic acids is 1. The maximum atomic E-state index is 14.1. The van der Waals surface area contributed by atoms with Crippen molar-refractivity contribution in [1.82, 2.24) is 31.5 Å². The second-order valence-corrected chi connectivity index (χ2v) is 15.0. The molecule has 1 aliphatic rings. The van der Waals surface area contributed by atoms with Crippen LogP contribution in [0.15, 0.2) is 60.7 Å². The summed E-state index contributed by atoms with van der Waals surface area (Å²) in [4.78, 5) is 92.8. The smallest absolute Gasteiger partial charge is 0.726 e. The number of nitrogens with one attached hydrogen (secondary N) is 5. The van der Waals surface area contributed by atoms with Crippen LogP contribution < -0.4 is 61.9 Å². The van der Waals surface area contributed by atoms with Gasteiger partial charge in [0.15, 0.2) is 0 Å². The van der Waals surface area contributed by atoms with E-state index in [1.54, 1.807) is 60.7 Å². The molecule has 21 heteroatoms. The van der Waals surface area contributed by atoms with Crippen LogP contribution in [0.1, 0.15) is 57.1 Å². The fraction of sp³-hybridized carbons (Fsp3) is 0.486. The molecule has 312 valence electrons. The average Bonchev–Trinajstić information content (AvgIpc) is 3.63. The zero-order chi connectivity index (χ0) is 42.1. The Morgan fingerprint density at radius 3 is 1.88 bits per heavy atom. The van der Waals surface area contributed by atoms with Crippen molar-refractivity contribution in [2.45, 2.75) is 89.0 Å². The van der Waals surface area contributed by atoms with Crippen LogP contribution >= 0.6 is 0 Å². The van der Waals surface area contributed by atoms with E-state index in [0.717, 1.165) is 0 Å². The molecule has 3 rings (SSSR count). The molecule has 0 unspecified atom stereocenters. The maximum absolute atomic E-state index is 14.1. The molecule has 1 heterocycles. The largest absolute Gasteiger partial charge is 1.00 e. The molecule has 8 N–H and O–H groups in total. The molecule has 7 amide bonds. The van der Waals surface area contributed by atoms with Crippen LogP contribution in [0.2, 0.25) is 0 Å². The first-order valence-electron chi connectivity index (χ1n) is 18.4. The molecule has 5 atom stereocenters. The molecule has 19 nitrogen and oxygen atoms in total. The van der Waals surface area contributed by atoms with Gasteiger partial charge < -0.3 is 46.9 Å². The minimum absolute atomic E-state index is 0. The number of carboxylic acids is 1. The molecule has 0 aliphatic carbocycles. The van der Waals surface area contributed by atoms with Crippen LogP contribution in [0, 0.1) is 5.92 Å². The summed E-state index contributed by atoms with van der Waals surface area (Å²) in [5, 5.41) is 22.0. The van der Waals surface area contributed by atoms with Crippen molar-refractivity contribution in [3.8, 4) is 0 Å². The maximum Gasteiger partial charge on any atom is 1.00 e. The molecule has 2 aromatic carbocycles. The predicted molar refractivity (Wildman–Crippen MR) is 202 cm³/mol. The van der Waals surface area contributed by atoms with Gasteiger partial charge in [0.05, 0.1) is 13.0 Å². The third-order valence-corrected chi connectivity index (χ3v) is 9.31. The monoisotopic (exact) mass is 839 g/mol. The summed E-state index contributed by atoms with van der Waals surface area (Å²) in [7, 11) is -4.88. The molecular weight excluding hydrogens is 790 g/mol. The van der Waals surface area contributed by atoms with E-state index in [9.17, 15) is 51.6 Å². The zero-order valence-corrected chi connectivity index (χ0v) is 35.5.